The van der Waals surface area contributed by atoms with Gasteiger partial charge in [-0.05, 0) is 0 Å². The summed E-state index contributed by atoms with van der Waals surface area (Å²) in [5.74, 6) is 0.199. The van der Waals surface area contributed by atoms with Crippen molar-refractivity contribution in [3.63, 3.8) is 0 Å². The topological polar surface area (TPSA) is 34.1 Å². The van der Waals surface area contributed by atoms with Crippen LogP contribution in [0.2, 0.25) is 0 Å². The van der Waals surface area contributed by atoms with Crippen LogP contribution in [0.5, 0.6) is 0 Å². The summed E-state index contributed by atoms with van der Waals surface area (Å²) in [4.78, 5) is 25.4. The van der Waals surface area contributed by atoms with Crippen molar-refractivity contribution in [2.24, 2.45) is 0 Å². The van der Waals surface area contributed by atoms with E-state index in [0.717, 1.165) is 9.75 Å². The Labute approximate surface area is 135 Å². The molecule has 3 rings (SSSR count). The first-order valence-electron chi connectivity index (χ1n) is 5.67. The number of hydrogen-bond acceptors (Lipinski definition) is 4. The molecule has 100 valence electrons. The number of rotatable bonds is 4. The van der Waals surface area contributed by atoms with E-state index < -0.39 is 0 Å². The third-order valence-corrected chi connectivity index (χ3v) is 10.5. The van der Waals surface area contributed by atoms with Crippen LogP contribution in [0.25, 0.3) is 12.2 Å². The molecule has 0 aliphatic heterocycles. The normalized spacial score (nSPS) is 10.4. The predicted molar refractivity (Wildman–Crippen MR) is 85.8 cm³/mol. The van der Waals surface area contributed by atoms with Gasteiger partial charge >= 0.3 is 136 Å². The molecule has 0 fully saturated rings. The number of thiophene rings is 2. The average Bonchev–Trinajstić information content (AvgIpc) is 3.08. The summed E-state index contributed by atoms with van der Waals surface area (Å²) in [6, 6.07) is 7.47. The molecule has 0 atom stereocenters. The fourth-order valence-electron chi connectivity index (χ4n) is 1.52. The van der Waals surface area contributed by atoms with Crippen molar-refractivity contribution in [1.29, 1.82) is 0 Å². The minimum absolute atomic E-state index is 0.0994. The van der Waals surface area contributed by atoms with Crippen LogP contribution >= 0.6 is 22.7 Å². The molecule has 3 aromatic heterocycles. The van der Waals surface area contributed by atoms with Crippen molar-refractivity contribution in [3.05, 3.63) is 50.7 Å². The van der Waals surface area contributed by atoms with Crippen molar-refractivity contribution in [2.75, 3.05) is 0 Å². The van der Waals surface area contributed by atoms with Gasteiger partial charge in [0, 0.05) is 0 Å². The van der Waals surface area contributed by atoms with Gasteiger partial charge in [0.15, 0.2) is 0 Å². The van der Waals surface area contributed by atoms with Gasteiger partial charge in [-0.15, -0.1) is 0 Å². The Hall–Kier alpha value is -0.741. The molecule has 0 saturated carbocycles. The summed E-state index contributed by atoms with van der Waals surface area (Å²) >= 11 is 3.33. The zero-order chi connectivity index (χ0) is 13.9. The third-order valence-electron chi connectivity index (χ3n) is 2.43. The molecular formula is C14H8O2S2Se2. The molecule has 6 heteroatoms. The van der Waals surface area contributed by atoms with Crippen molar-refractivity contribution >= 4 is 75.4 Å². The molecule has 20 heavy (non-hydrogen) atoms. The van der Waals surface area contributed by atoms with Crippen LogP contribution in [0.4, 0.5) is 0 Å². The van der Waals surface area contributed by atoms with Crippen LogP contribution in [0.1, 0.15) is 19.3 Å². The van der Waals surface area contributed by atoms with E-state index in [9.17, 15) is 9.59 Å². The first-order chi connectivity index (χ1) is 9.72. The van der Waals surface area contributed by atoms with Gasteiger partial charge in [0.1, 0.15) is 0 Å². The molecular weight excluding hydrogens is 422 g/mol. The van der Waals surface area contributed by atoms with Crippen LogP contribution in [-0.2, 0) is 0 Å². The Morgan fingerprint density at radius 2 is 1.30 bits per heavy atom. The standard InChI is InChI=1S/C14H8O2S2Se2/c15-9(11-3-1-5-17-11)7-13-19-14(20-13)8-10(16)12-4-2-6-18-12/h1-8H. The van der Waals surface area contributed by atoms with Crippen LogP contribution in [-0.4, -0.2) is 40.6 Å². The van der Waals surface area contributed by atoms with Gasteiger partial charge in [-0.25, -0.2) is 0 Å². The second-order valence-electron chi connectivity index (χ2n) is 3.81. The molecule has 0 unspecified atom stereocenters. The predicted octanol–water partition coefficient (Wildman–Crippen LogP) is 1.25. The monoisotopic (exact) mass is 432 g/mol. The number of carbonyl (C=O) groups excluding carboxylic acids is 2. The number of carbonyl (C=O) groups is 2. The molecule has 0 aliphatic carbocycles. The van der Waals surface area contributed by atoms with Crippen LogP contribution in [0.15, 0.2) is 35.0 Å². The zero-order valence-corrected chi connectivity index (χ0v) is 15.1. The summed E-state index contributed by atoms with van der Waals surface area (Å²) in [5.41, 5.74) is 0. The summed E-state index contributed by atoms with van der Waals surface area (Å²) in [6.07, 6.45) is 3.53. The first-order valence-corrected chi connectivity index (χ1v) is 10.9. The van der Waals surface area contributed by atoms with E-state index in [0.29, 0.717) is 0 Å². The van der Waals surface area contributed by atoms with Gasteiger partial charge in [0.05, 0.1) is 0 Å². The van der Waals surface area contributed by atoms with E-state index in [1.54, 1.807) is 12.2 Å². The van der Waals surface area contributed by atoms with Gasteiger partial charge in [0.2, 0.25) is 0 Å². The second-order valence-corrected chi connectivity index (χ2v) is 12.9. The first kappa shape index (κ1) is 14.2. The Kier molecular flexibility index (Phi) is 4.51. The summed E-state index contributed by atoms with van der Waals surface area (Å²) in [7, 11) is 0. The Bertz CT molecular complexity index is 750. The minimum atomic E-state index is 0.0994. The molecule has 3 aromatic rings. The molecule has 0 saturated heterocycles. The quantitative estimate of drug-likeness (QED) is 0.462. The van der Waals surface area contributed by atoms with Gasteiger partial charge < -0.3 is 0 Å². The number of Topliss-reactive ketones (excluding diaryl/α,β-unsaturated/α-hetero) is 2. The zero-order valence-electron chi connectivity index (χ0n) is 10.1. The van der Waals surface area contributed by atoms with Crippen molar-refractivity contribution in [3.8, 4) is 0 Å². The van der Waals surface area contributed by atoms with E-state index in [4.69, 9.17) is 0 Å². The second kappa shape index (κ2) is 6.35. The summed E-state index contributed by atoms with van der Waals surface area (Å²) in [6.45, 7) is 0. The Morgan fingerprint density at radius 3 is 1.65 bits per heavy atom. The van der Waals surface area contributed by atoms with E-state index in [2.05, 4.69) is 0 Å². The molecule has 0 spiro atoms. The van der Waals surface area contributed by atoms with Crippen molar-refractivity contribution in [2.45, 2.75) is 0 Å². The van der Waals surface area contributed by atoms with Crippen LogP contribution < -0.4 is 5.93 Å². The van der Waals surface area contributed by atoms with E-state index in [1.165, 1.54) is 28.6 Å². The summed E-state index contributed by atoms with van der Waals surface area (Å²) in [5, 5.41) is 3.82. The fraction of sp³-hybridized carbons (Fsp3) is 0. The van der Waals surface area contributed by atoms with Gasteiger partial charge in [-0.2, -0.15) is 0 Å². The van der Waals surface area contributed by atoms with Gasteiger partial charge in [-0.3, -0.25) is 0 Å². The fourth-order valence-corrected chi connectivity index (χ4v) is 8.05. The maximum absolute atomic E-state index is 11.9. The molecule has 0 N–H and O–H groups in total. The molecule has 2 nitrogen and oxygen atoms in total. The maximum atomic E-state index is 11.9. The van der Waals surface area contributed by atoms with E-state index in [1.807, 2.05) is 35.0 Å². The van der Waals surface area contributed by atoms with Crippen molar-refractivity contribution in [1.82, 2.24) is 0 Å². The Morgan fingerprint density at radius 1 is 0.850 bits per heavy atom. The number of ketones is 2. The van der Waals surface area contributed by atoms with Gasteiger partial charge in [-0.1, -0.05) is 0 Å². The van der Waals surface area contributed by atoms with Crippen LogP contribution in [0.3, 0.4) is 0 Å². The van der Waals surface area contributed by atoms with Gasteiger partial charge in [0.25, 0.3) is 0 Å². The SMILES string of the molecule is O=C(C=c1[se]c(=CC(=O)c2cccs2)[se]1)c1cccs1. The van der Waals surface area contributed by atoms with E-state index >= 15 is 0 Å². The van der Waals surface area contributed by atoms with E-state index in [-0.39, 0.29) is 40.6 Å². The van der Waals surface area contributed by atoms with Crippen molar-refractivity contribution < 1.29 is 9.59 Å². The number of hydrogen-bond donors (Lipinski definition) is 0. The molecule has 0 aromatic carbocycles. The molecule has 0 bridgehead atoms. The Balaban J connectivity index is 1.77. The molecule has 0 radical (unpaired) electrons. The molecule has 0 amide bonds. The third kappa shape index (κ3) is 3.29. The van der Waals surface area contributed by atoms with Crippen LogP contribution in [0, 0.1) is 0 Å². The molecule has 0 aliphatic rings. The molecule has 3 heterocycles. The summed E-state index contributed by atoms with van der Waals surface area (Å²) < 4.78 is 2.46. The average molecular weight is 430 g/mol.